The van der Waals surface area contributed by atoms with E-state index in [1.807, 2.05) is 4.90 Å². The summed E-state index contributed by atoms with van der Waals surface area (Å²) in [6.07, 6.45) is 4.23. The summed E-state index contributed by atoms with van der Waals surface area (Å²) in [4.78, 5) is 28.1. The highest BCUT2D eigenvalue weighted by Gasteiger charge is 2.27. The van der Waals surface area contributed by atoms with Crippen LogP contribution in [0.2, 0.25) is 0 Å². The third-order valence-electron chi connectivity index (χ3n) is 3.33. The van der Waals surface area contributed by atoms with E-state index >= 15 is 0 Å². The number of aromatic amines is 1. The number of aromatic nitrogens is 1. The fraction of sp³-hybridized carbons (Fsp3) is 0.538. The second-order valence-corrected chi connectivity index (χ2v) is 5.35. The number of amides is 1. The number of pyridine rings is 1. The van der Waals surface area contributed by atoms with E-state index < -0.39 is 0 Å². The van der Waals surface area contributed by atoms with Crippen molar-refractivity contribution in [3.63, 3.8) is 0 Å². The van der Waals surface area contributed by atoms with Crippen LogP contribution in [0.1, 0.15) is 36.2 Å². The molecule has 0 radical (unpaired) electrons. The first-order valence-corrected chi connectivity index (χ1v) is 7.41. The van der Waals surface area contributed by atoms with Crippen molar-refractivity contribution in [3.05, 3.63) is 34.2 Å². The molecule has 1 saturated heterocycles. The Balaban J connectivity index is 2.18. The van der Waals surface area contributed by atoms with Crippen molar-refractivity contribution in [2.45, 2.75) is 31.7 Å². The molecule has 5 heteroatoms. The predicted octanol–water partition coefficient (Wildman–Crippen LogP) is 2.15. The van der Waals surface area contributed by atoms with Gasteiger partial charge in [-0.1, -0.05) is 22.0 Å². The van der Waals surface area contributed by atoms with E-state index in [0.29, 0.717) is 5.69 Å². The lowest BCUT2D eigenvalue weighted by molar-refractivity contribution is 0.0603. The first-order valence-electron chi connectivity index (χ1n) is 6.28. The second-order valence-electron chi connectivity index (χ2n) is 4.55. The van der Waals surface area contributed by atoms with Crippen molar-refractivity contribution in [2.75, 3.05) is 11.9 Å². The molecule has 1 atom stereocenters. The van der Waals surface area contributed by atoms with E-state index in [-0.39, 0.29) is 17.5 Å². The van der Waals surface area contributed by atoms with Crippen LogP contribution in [0.15, 0.2) is 23.0 Å². The zero-order valence-electron chi connectivity index (χ0n) is 10.2. The van der Waals surface area contributed by atoms with E-state index in [4.69, 9.17) is 0 Å². The summed E-state index contributed by atoms with van der Waals surface area (Å²) in [5.74, 6) is -0.0571. The van der Waals surface area contributed by atoms with Gasteiger partial charge in [0.15, 0.2) is 0 Å². The SMILES string of the molecule is O=C(c1cccc(=O)[nH]1)N1CCCCC1CCBr. The Bertz CT molecular complexity index is 470. The Kier molecular flexibility index (Phi) is 4.58. The van der Waals surface area contributed by atoms with Gasteiger partial charge < -0.3 is 9.88 Å². The summed E-state index contributed by atoms with van der Waals surface area (Å²) in [6, 6.07) is 5.00. The van der Waals surface area contributed by atoms with E-state index in [0.717, 1.165) is 31.1 Å². The number of halogens is 1. The number of H-pyrrole nitrogens is 1. The zero-order valence-corrected chi connectivity index (χ0v) is 11.8. The number of nitrogens with one attached hydrogen (secondary N) is 1. The number of alkyl halides is 1. The number of piperidine rings is 1. The van der Waals surface area contributed by atoms with Crippen molar-refractivity contribution in [3.8, 4) is 0 Å². The van der Waals surface area contributed by atoms with Gasteiger partial charge >= 0.3 is 0 Å². The Morgan fingerprint density at radius 3 is 3.00 bits per heavy atom. The molecule has 1 N–H and O–H groups in total. The molecule has 4 nitrogen and oxygen atoms in total. The molecular formula is C13H17BrN2O2. The molecule has 0 aromatic carbocycles. The van der Waals surface area contributed by atoms with E-state index in [2.05, 4.69) is 20.9 Å². The number of hydrogen-bond donors (Lipinski definition) is 1. The topological polar surface area (TPSA) is 53.2 Å². The Labute approximate surface area is 115 Å². The smallest absolute Gasteiger partial charge is 0.270 e. The summed E-state index contributed by atoms with van der Waals surface area (Å²) >= 11 is 3.43. The fourth-order valence-electron chi connectivity index (χ4n) is 2.42. The molecule has 98 valence electrons. The van der Waals surface area contributed by atoms with Gasteiger partial charge in [-0.3, -0.25) is 9.59 Å². The number of likely N-dealkylation sites (tertiary alicyclic amines) is 1. The van der Waals surface area contributed by atoms with Crippen molar-refractivity contribution in [2.24, 2.45) is 0 Å². The van der Waals surface area contributed by atoms with Gasteiger partial charge in [-0.25, -0.2) is 0 Å². The van der Waals surface area contributed by atoms with Crippen molar-refractivity contribution < 1.29 is 4.79 Å². The van der Waals surface area contributed by atoms with Gasteiger partial charge in [0.25, 0.3) is 5.91 Å². The molecular weight excluding hydrogens is 296 g/mol. The van der Waals surface area contributed by atoms with Crippen LogP contribution < -0.4 is 5.56 Å². The van der Waals surface area contributed by atoms with Crippen LogP contribution in [0.3, 0.4) is 0 Å². The lowest BCUT2D eigenvalue weighted by Gasteiger charge is -2.35. The van der Waals surface area contributed by atoms with E-state index in [1.54, 1.807) is 12.1 Å². The van der Waals surface area contributed by atoms with Crippen LogP contribution in [0.25, 0.3) is 0 Å². The average molecular weight is 313 g/mol. The molecule has 1 aliphatic rings. The van der Waals surface area contributed by atoms with Crippen LogP contribution in [-0.2, 0) is 0 Å². The first kappa shape index (κ1) is 13.3. The zero-order chi connectivity index (χ0) is 13.0. The molecule has 0 saturated carbocycles. The number of carbonyl (C=O) groups is 1. The van der Waals surface area contributed by atoms with Gasteiger partial charge in [-0.05, 0) is 31.7 Å². The molecule has 2 heterocycles. The molecule has 18 heavy (non-hydrogen) atoms. The van der Waals surface area contributed by atoms with Gasteiger partial charge in [0, 0.05) is 24.0 Å². The predicted molar refractivity (Wildman–Crippen MR) is 74.1 cm³/mol. The summed E-state index contributed by atoms with van der Waals surface area (Å²) in [5.41, 5.74) is 0.166. The maximum atomic E-state index is 12.4. The number of nitrogens with zero attached hydrogens (tertiary/aromatic N) is 1. The molecule has 1 aromatic heterocycles. The summed E-state index contributed by atoms with van der Waals surface area (Å²) in [7, 11) is 0. The lowest BCUT2D eigenvalue weighted by atomic mass is 9.99. The van der Waals surface area contributed by atoms with Crippen molar-refractivity contribution in [1.29, 1.82) is 0 Å². The molecule has 0 spiro atoms. The molecule has 1 amide bonds. The molecule has 0 bridgehead atoms. The van der Waals surface area contributed by atoms with E-state index in [1.165, 1.54) is 12.5 Å². The first-order chi connectivity index (χ1) is 8.72. The summed E-state index contributed by atoms with van der Waals surface area (Å²) in [6.45, 7) is 0.785. The quantitative estimate of drug-likeness (QED) is 0.870. The van der Waals surface area contributed by atoms with Gasteiger partial charge in [0.05, 0.1) is 0 Å². The van der Waals surface area contributed by atoms with Crippen molar-refractivity contribution in [1.82, 2.24) is 9.88 Å². The van der Waals surface area contributed by atoms with Crippen LogP contribution in [0, 0.1) is 0 Å². The lowest BCUT2D eigenvalue weighted by Crippen LogP contribution is -2.44. The minimum Gasteiger partial charge on any atom is -0.334 e. The van der Waals surface area contributed by atoms with Crippen LogP contribution >= 0.6 is 15.9 Å². The standard InChI is InChI=1S/C13H17BrN2O2/c14-8-7-10-4-1-2-9-16(10)13(18)11-5-3-6-12(17)15-11/h3,5-6,10H,1-2,4,7-9H2,(H,15,17). The Morgan fingerprint density at radius 2 is 2.28 bits per heavy atom. The van der Waals surface area contributed by atoms with Crippen molar-refractivity contribution >= 4 is 21.8 Å². The van der Waals surface area contributed by atoms with Crippen LogP contribution in [-0.4, -0.2) is 33.7 Å². The van der Waals surface area contributed by atoms with Gasteiger partial charge in [0.2, 0.25) is 5.56 Å². The maximum absolute atomic E-state index is 12.4. The number of carbonyl (C=O) groups excluding carboxylic acids is 1. The third kappa shape index (κ3) is 3.02. The molecule has 1 unspecified atom stereocenters. The highest BCUT2D eigenvalue weighted by molar-refractivity contribution is 9.09. The van der Waals surface area contributed by atoms with Gasteiger partial charge in [-0.15, -0.1) is 0 Å². The third-order valence-corrected chi connectivity index (χ3v) is 3.79. The van der Waals surface area contributed by atoms with E-state index in [9.17, 15) is 9.59 Å². The minimum atomic E-state index is -0.227. The van der Waals surface area contributed by atoms with Gasteiger partial charge in [0.1, 0.15) is 5.69 Å². The largest absolute Gasteiger partial charge is 0.334 e. The molecule has 0 aliphatic carbocycles. The summed E-state index contributed by atoms with van der Waals surface area (Å²) < 4.78 is 0. The molecule has 1 fully saturated rings. The Morgan fingerprint density at radius 1 is 1.44 bits per heavy atom. The average Bonchev–Trinajstić information content (AvgIpc) is 2.39. The maximum Gasteiger partial charge on any atom is 0.270 e. The van der Waals surface area contributed by atoms with Crippen LogP contribution in [0.5, 0.6) is 0 Å². The minimum absolute atomic E-state index is 0.0571. The van der Waals surface area contributed by atoms with Crippen LogP contribution in [0.4, 0.5) is 0 Å². The van der Waals surface area contributed by atoms with Gasteiger partial charge in [-0.2, -0.15) is 0 Å². The second kappa shape index (κ2) is 6.18. The number of rotatable bonds is 3. The monoisotopic (exact) mass is 312 g/mol. The Hall–Kier alpha value is -1.10. The highest BCUT2D eigenvalue weighted by atomic mass is 79.9. The number of hydrogen-bond acceptors (Lipinski definition) is 2. The molecule has 1 aliphatic heterocycles. The summed E-state index contributed by atoms with van der Waals surface area (Å²) in [5, 5.41) is 0.896. The highest BCUT2D eigenvalue weighted by Crippen LogP contribution is 2.21. The molecule has 2 rings (SSSR count). The fourth-order valence-corrected chi connectivity index (χ4v) is 2.95. The molecule has 1 aromatic rings. The normalized spacial score (nSPS) is 19.8.